The van der Waals surface area contributed by atoms with Crippen LogP contribution in [-0.2, 0) is 4.74 Å². The summed E-state index contributed by atoms with van der Waals surface area (Å²) in [6.07, 6.45) is 2.91. The second-order valence-corrected chi connectivity index (χ2v) is 3.73. The van der Waals surface area contributed by atoms with Crippen LogP contribution in [0.15, 0.2) is 0 Å². The number of hydrogen-bond acceptors (Lipinski definition) is 2. The molecule has 1 aliphatic carbocycles. The zero-order chi connectivity index (χ0) is 9.68. The summed E-state index contributed by atoms with van der Waals surface area (Å²) in [6.45, 7) is 10.5. The van der Waals surface area contributed by atoms with Gasteiger partial charge in [0.25, 0.3) is 0 Å². The normalized spacial score (nSPS) is 26.1. The molecule has 2 heteroatoms. The van der Waals surface area contributed by atoms with Gasteiger partial charge < -0.3 is 4.74 Å². The highest BCUT2D eigenvalue weighted by atomic mass is 16.5. The minimum atomic E-state index is 0.818. The molecule has 1 unspecified atom stereocenters. The van der Waals surface area contributed by atoms with Crippen LogP contribution >= 0.6 is 0 Å². The summed E-state index contributed by atoms with van der Waals surface area (Å²) in [5.74, 6) is 1.01. The lowest BCUT2D eigenvalue weighted by Gasteiger charge is -2.32. The summed E-state index contributed by atoms with van der Waals surface area (Å²) in [5, 5.41) is 0. The standard InChI is InChI=1S/C9H17NO.C2H6/c1-8(9-2-3-9)10-4-6-11-7-5-10;1-2/h8-9H,2-7H2,1H3;1-2H3. The number of nitrogens with zero attached hydrogens (tertiary/aromatic N) is 1. The Labute approximate surface area is 82.3 Å². The Morgan fingerprint density at radius 2 is 1.69 bits per heavy atom. The highest BCUT2D eigenvalue weighted by Crippen LogP contribution is 2.35. The third kappa shape index (κ3) is 3.28. The molecule has 0 bridgehead atoms. The van der Waals surface area contributed by atoms with E-state index in [4.69, 9.17) is 4.74 Å². The van der Waals surface area contributed by atoms with Gasteiger partial charge in [0.05, 0.1) is 13.2 Å². The average Bonchev–Trinajstić information content (AvgIpc) is 3.05. The molecule has 2 fully saturated rings. The number of hydrogen-bond donors (Lipinski definition) is 0. The van der Waals surface area contributed by atoms with Crippen molar-refractivity contribution in [3.8, 4) is 0 Å². The predicted molar refractivity (Wildman–Crippen MR) is 55.9 cm³/mol. The molecule has 0 spiro atoms. The van der Waals surface area contributed by atoms with Crippen molar-refractivity contribution in [3.63, 3.8) is 0 Å². The zero-order valence-corrected chi connectivity index (χ0v) is 9.25. The fourth-order valence-electron chi connectivity index (χ4n) is 1.86. The van der Waals surface area contributed by atoms with Crippen LogP contribution in [-0.4, -0.2) is 37.2 Å². The van der Waals surface area contributed by atoms with E-state index in [0.717, 1.165) is 38.3 Å². The van der Waals surface area contributed by atoms with Gasteiger partial charge in [-0.15, -0.1) is 0 Å². The summed E-state index contributed by atoms with van der Waals surface area (Å²) in [4.78, 5) is 2.57. The monoisotopic (exact) mass is 185 g/mol. The summed E-state index contributed by atoms with van der Waals surface area (Å²) >= 11 is 0. The lowest BCUT2D eigenvalue weighted by atomic mass is 10.2. The molecular weight excluding hydrogens is 162 g/mol. The molecule has 0 N–H and O–H groups in total. The Kier molecular flexibility index (Phi) is 4.74. The van der Waals surface area contributed by atoms with Crippen molar-refractivity contribution in [3.05, 3.63) is 0 Å². The number of morpholine rings is 1. The maximum Gasteiger partial charge on any atom is 0.0594 e. The van der Waals surface area contributed by atoms with Crippen LogP contribution in [0.4, 0.5) is 0 Å². The van der Waals surface area contributed by atoms with Gasteiger partial charge in [-0.25, -0.2) is 0 Å². The van der Waals surface area contributed by atoms with E-state index in [1.54, 1.807) is 0 Å². The molecule has 0 radical (unpaired) electrons. The van der Waals surface area contributed by atoms with E-state index in [2.05, 4.69) is 11.8 Å². The molecule has 2 rings (SSSR count). The SMILES string of the molecule is CC.CC(C1CC1)N1CCOCC1. The molecule has 1 atom stereocenters. The fraction of sp³-hybridized carbons (Fsp3) is 1.00. The first-order chi connectivity index (χ1) is 6.38. The maximum atomic E-state index is 5.31. The molecule has 78 valence electrons. The largest absolute Gasteiger partial charge is 0.379 e. The minimum Gasteiger partial charge on any atom is -0.379 e. The summed E-state index contributed by atoms with van der Waals surface area (Å²) in [5.41, 5.74) is 0. The van der Waals surface area contributed by atoms with E-state index in [-0.39, 0.29) is 0 Å². The van der Waals surface area contributed by atoms with Gasteiger partial charge in [-0.05, 0) is 25.7 Å². The van der Waals surface area contributed by atoms with Crippen LogP contribution in [0.25, 0.3) is 0 Å². The predicted octanol–water partition coefficient (Wildman–Crippen LogP) is 2.14. The highest BCUT2D eigenvalue weighted by molar-refractivity contribution is 4.85. The first kappa shape index (κ1) is 11.0. The quantitative estimate of drug-likeness (QED) is 0.653. The Bertz CT molecular complexity index is 128. The van der Waals surface area contributed by atoms with Crippen molar-refractivity contribution < 1.29 is 4.74 Å². The van der Waals surface area contributed by atoms with Crippen molar-refractivity contribution in [2.24, 2.45) is 5.92 Å². The second-order valence-electron chi connectivity index (χ2n) is 3.73. The average molecular weight is 185 g/mol. The van der Waals surface area contributed by atoms with Gasteiger partial charge in [0.1, 0.15) is 0 Å². The molecule has 1 saturated carbocycles. The zero-order valence-electron chi connectivity index (χ0n) is 9.25. The Morgan fingerprint density at radius 3 is 2.15 bits per heavy atom. The molecule has 0 amide bonds. The van der Waals surface area contributed by atoms with Gasteiger partial charge >= 0.3 is 0 Å². The molecule has 2 nitrogen and oxygen atoms in total. The van der Waals surface area contributed by atoms with Crippen LogP contribution in [0.3, 0.4) is 0 Å². The van der Waals surface area contributed by atoms with Gasteiger partial charge in [0, 0.05) is 19.1 Å². The summed E-state index contributed by atoms with van der Waals surface area (Å²) < 4.78 is 5.31. The number of ether oxygens (including phenoxy) is 1. The molecule has 0 aromatic heterocycles. The third-order valence-corrected chi connectivity index (χ3v) is 2.93. The maximum absolute atomic E-state index is 5.31. The van der Waals surface area contributed by atoms with E-state index in [0.29, 0.717) is 0 Å². The van der Waals surface area contributed by atoms with Crippen LogP contribution in [0.1, 0.15) is 33.6 Å². The molecule has 13 heavy (non-hydrogen) atoms. The van der Waals surface area contributed by atoms with Crippen molar-refractivity contribution in [1.82, 2.24) is 4.90 Å². The molecule has 0 aromatic rings. The molecule has 1 heterocycles. The first-order valence-electron chi connectivity index (χ1n) is 5.70. The first-order valence-corrected chi connectivity index (χ1v) is 5.70. The number of rotatable bonds is 2. The van der Waals surface area contributed by atoms with E-state index in [9.17, 15) is 0 Å². The van der Waals surface area contributed by atoms with E-state index in [1.807, 2.05) is 13.8 Å². The van der Waals surface area contributed by atoms with Gasteiger partial charge in [0.2, 0.25) is 0 Å². The minimum absolute atomic E-state index is 0.818. The molecule has 1 saturated heterocycles. The Balaban J connectivity index is 0.000000396. The summed E-state index contributed by atoms with van der Waals surface area (Å²) in [7, 11) is 0. The van der Waals surface area contributed by atoms with Crippen molar-refractivity contribution >= 4 is 0 Å². The van der Waals surface area contributed by atoms with Gasteiger partial charge in [-0.3, -0.25) is 4.90 Å². The fourth-order valence-corrected chi connectivity index (χ4v) is 1.86. The van der Waals surface area contributed by atoms with Gasteiger partial charge in [-0.1, -0.05) is 13.8 Å². The molecular formula is C11H23NO. The summed E-state index contributed by atoms with van der Waals surface area (Å²) in [6, 6.07) is 0.818. The van der Waals surface area contributed by atoms with E-state index in [1.165, 1.54) is 12.8 Å². The molecule has 2 aliphatic rings. The molecule has 1 aliphatic heterocycles. The highest BCUT2D eigenvalue weighted by Gasteiger charge is 2.32. The van der Waals surface area contributed by atoms with Crippen molar-refractivity contribution in [2.75, 3.05) is 26.3 Å². The van der Waals surface area contributed by atoms with Crippen LogP contribution < -0.4 is 0 Å². The van der Waals surface area contributed by atoms with Crippen LogP contribution in [0.5, 0.6) is 0 Å². The lowest BCUT2D eigenvalue weighted by molar-refractivity contribution is 0.0159. The Hall–Kier alpha value is -0.0800. The van der Waals surface area contributed by atoms with Crippen molar-refractivity contribution in [2.45, 2.75) is 39.7 Å². The lowest BCUT2D eigenvalue weighted by Crippen LogP contribution is -2.43. The second kappa shape index (κ2) is 5.61. The smallest absolute Gasteiger partial charge is 0.0594 e. The van der Waals surface area contributed by atoms with Crippen LogP contribution in [0, 0.1) is 5.92 Å². The Morgan fingerprint density at radius 1 is 1.15 bits per heavy atom. The molecule has 0 aromatic carbocycles. The van der Waals surface area contributed by atoms with Gasteiger partial charge in [0.15, 0.2) is 0 Å². The van der Waals surface area contributed by atoms with E-state index >= 15 is 0 Å². The van der Waals surface area contributed by atoms with Crippen molar-refractivity contribution in [1.29, 1.82) is 0 Å². The van der Waals surface area contributed by atoms with Gasteiger partial charge in [-0.2, -0.15) is 0 Å². The third-order valence-electron chi connectivity index (χ3n) is 2.93. The van der Waals surface area contributed by atoms with Crippen LogP contribution in [0.2, 0.25) is 0 Å². The topological polar surface area (TPSA) is 12.5 Å². The van der Waals surface area contributed by atoms with E-state index < -0.39 is 0 Å².